The molecule has 0 aliphatic rings. The number of carbonyl (C=O) groups excluding carboxylic acids is 2. The number of benzene rings is 3. The second kappa shape index (κ2) is 11.7. The van der Waals surface area contributed by atoms with Crippen molar-refractivity contribution in [2.24, 2.45) is 10.8 Å². The van der Waals surface area contributed by atoms with Crippen molar-refractivity contribution in [3.63, 3.8) is 0 Å². The lowest BCUT2D eigenvalue weighted by Crippen LogP contribution is -2.20. The summed E-state index contributed by atoms with van der Waals surface area (Å²) in [5, 5.41) is 3.98. The van der Waals surface area contributed by atoms with Crippen LogP contribution >= 0.6 is 15.9 Å². The molecule has 33 heavy (non-hydrogen) atoms. The molecular weight excluding hydrogens is 490 g/mol. The van der Waals surface area contributed by atoms with E-state index in [0.717, 1.165) is 5.56 Å². The fraction of sp³-hybridized carbons (Fsp3) is 0.125. The van der Waals surface area contributed by atoms with Crippen molar-refractivity contribution in [1.29, 1.82) is 0 Å². The smallest absolute Gasteiger partial charge is 0.271 e. The Morgan fingerprint density at radius 3 is 2.45 bits per heavy atom. The number of rotatable bonds is 10. The minimum atomic E-state index is -0.567. The van der Waals surface area contributed by atoms with Crippen molar-refractivity contribution in [1.82, 2.24) is 5.43 Å². The number of methoxy groups -OCH3 is 1. The minimum absolute atomic E-state index is 0.221. The van der Waals surface area contributed by atoms with Crippen LogP contribution in [-0.2, 0) is 11.4 Å². The molecule has 0 aliphatic carbocycles. The van der Waals surface area contributed by atoms with Crippen LogP contribution in [0.1, 0.15) is 21.5 Å². The maximum absolute atomic E-state index is 12.5. The Balaban J connectivity index is 1.60. The summed E-state index contributed by atoms with van der Waals surface area (Å²) in [6.45, 7) is 0.163. The van der Waals surface area contributed by atoms with Gasteiger partial charge in [-0.1, -0.05) is 30.3 Å². The molecule has 0 heterocycles. The van der Waals surface area contributed by atoms with Gasteiger partial charge in [0.25, 0.3) is 11.8 Å². The van der Waals surface area contributed by atoms with Crippen LogP contribution in [0, 0.1) is 0 Å². The standard InChI is InChI=1S/C24H22BrN3O5/c1-31-22-12-18(8-10-21(22)32-14-16-5-3-2-4-6-16)24(30)28-27-13-17-7-9-20(19(25)11-17)33-15-23(26)29/h2-13H,14-15H2,1H3,(H2,26,29)(H,28,30)/b27-13+. The second-order valence-corrected chi connectivity index (χ2v) is 7.64. The van der Waals surface area contributed by atoms with Crippen LogP contribution in [0.4, 0.5) is 0 Å². The Labute approximate surface area is 199 Å². The summed E-state index contributed by atoms with van der Waals surface area (Å²) in [4.78, 5) is 23.3. The molecule has 8 nitrogen and oxygen atoms in total. The molecule has 0 atom stereocenters. The Kier molecular flexibility index (Phi) is 8.43. The highest BCUT2D eigenvalue weighted by Crippen LogP contribution is 2.29. The van der Waals surface area contributed by atoms with Crippen molar-refractivity contribution in [3.8, 4) is 17.2 Å². The van der Waals surface area contributed by atoms with E-state index >= 15 is 0 Å². The molecule has 0 fully saturated rings. The predicted molar refractivity (Wildman–Crippen MR) is 128 cm³/mol. The third kappa shape index (κ3) is 7.08. The number of amides is 2. The van der Waals surface area contributed by atoms with E-state index in [0.29, 0.717) is 39.5 Å². The van der Waals surface area contributed by atoms with Gasteiger partial charge in [-0.15, -0.1) is 0 Å². The van der Waals surface area contributed by atoms with Crippen LogP contribution in [0.3, 0.4) is 0 Å². The third-order valence-electron chi connectivity index (χ3n) is 4.37. The summed E-state index contributed by atoms with van der Waals surface area (Å²) in [7, 11) is 1.51. The molecule has 0 saturated carbocycles. The van der Waals surface area contributed by atoms with E-state index in [9.17, 15) is 9.59 Å². The fourth-order valence-corrected chi connectivity index (χ4v) is 3.27. The lowest BCUT2D eigenvalue weighted by atomic mass is 10.2. The number of halogens is 1. The van der Waals surface area contributed by atoms with E-state index in [1.807, 2.05) is 30.3 Å². The van der Waals surface area contributed by atoms with Crippen LogP contribution in [0.25, 0.3) is 0 Å². The van der Waals surface area contributed by atoms with Gasteiger partial charge in [0.2, 0.25) is 0 Å². The summed E-state index contributed by atoms with van der Waals surface area (Å²) < 4.78 is 17.1. The van der Waals surface area contributed by atoms with Gasteiger partial charge in [0.15, 0.2) is 18.1 Å². The molecule has 0 bridgehead atoms. The van der Waals surface area contributed by atoms with Gasteiger partial charge >= 0.3 is 0 Å². The first-order valence-corrected chi connectivity index (χ1v) is 10.6. The number of hydrogen-bond donors (Lipinski definition) is 2. The Bertz CT molecular complexity index is 1150. The zero-order valence-electron chi connectivity index (χ0n) is 17.8. The normalized spacial score (nSPS) is 10.6. The van der Waals surface area contributed by atoms with Gasteiger partial charge in [0, 0.05) is 5.56 Å². The highest BCUT2D eigenvalue weighted by Gasteiger charge is 2.11. The molecule has 0 aliphatic heterocycles. The van der Waals surface area contributed by atoms with Gasteiger partial charge in [-0.2, -0.15) is 5.10 Å². The Hall–Kier alpha value is -3.85. The zero-order chi connectivity index (χ0) is 23.6. The lowest BCUT2D eigenvalue weighted by molar-refractivity contribution is -0.119. The summed E-state index contributed by atoms with van der Waals surface area (Å²) >= 11 is 3.35. The largest absolute Gasteiger partial charge is 0.493 e. The summed E-state index contributed by atoms with van der Waals surface area (Å²) in [5.41, 5.74) is 9.64. The molecule has 2 amide bonds. The van der Waals surface area contributed by atoms with Crippen molar-refractivity contribution < 1.29 is 23.8 Å². The topological polar surface area (TPSA) is 112 Å². The number of nitrogens with one attached hydrogen (secondary N) is 1. The van der Waals surface area contributed by atoms with E-state index in [2.05, 4.69) is 26.5 Å². The Morgan fingerprint density at radius 2 is 1.76 bits per heavy atom. The van der Waals surface area contributed by atoms with Crippen molar-refractivity contribution in [2.45, 2.75) is 6.61 Å². The fourth-order valence-electron chi connectivity index (χ4n) is 2.76. The third-order valence-corrected chi connectivity index (χ3v) is 4.99. The van der Waals surface area contributed by atoms with E-state index in [-0.39, 0.29) is 6.61 Å². The number of carbonyl (C=O) groups is 2. The SMILES string of the molecule is COc1cc(C(=O)N/N=C/c2ccc(OCC(N)=O)c(Br)c2)ccc1OCc1ccccc1. The molecule has 0 saturated heterocycles. The molecular formula is C24H22BrN3O5. The van der Waals surface area contributed by atoms with Crippen LogP contribution in [0.2, 0.25) is 0 Å². The molecule has 0 unspecified atom stereocenters. The van der Waals surface area contributed by atoms with Gasteiger partial charge < -0.3 is 19.9 Å². The number of nitrogens with two attached hydrogens (primary N) is 1. The predicted octanol–water partition coefficient (Wildman–Crippen LogP) is 3.66. The highest BCUT2D eigenvalue weighted by molar-refractivity contribution is 9.10. The van der Waals surface area contributed by atoms with Gasteiger partial charge in [0.05, 0.1) is 17.8 Å². The Morgan fingerprint density at radius 1 is 1.00 bits per heavy atom. The molecule has 170 valence electrons. The second-order valence-electron chi connectivity index (χ2n) is 6.78. The van der Waals surface area contributed by atoms with Crippen LogP contribution < -0.4 is 25.4 Å². The number of ether oxygens (including phenoxy) is 3. The van der Waals surface area contributed by atoms with Crippen molar-refractivity contribution in [3.05, 3.63) is 87.9 Å². The molecule has 9 heteroatoms. The lowest BCUT2D eigenvalue weighted by Gasteiger charge is -2.12. The number of hydrogen-bond acceptors (Lipinski definition) is 6. The maximum Gasteiger partial charge on any atom is 0.271 e. The van der Waals surface area contributed by atoms with Gasteiger partial charge in [0.1, 0.15) is 12.4 Å². The van der Waals surface area contributed by atoms with Gasteiger partial charge in [-0.3, -0.25) is 9.59 Å². The first kappa shape index (κ1) is 23.8. The summed E-state index contributed by atoms with van der Waals surface area (Å²) in [6.07, 6.45) is 1.48. The molecule has 3 N–H and O–H groups in total. The summed E-state index contributed by atoms with van der Waals surface area (Å²) in [5.74, 6) is 0.474. The van der Waals surface area contributed by atoms with E-state index < -0.39 is 11.8 Å². The maximum atomic E-state index is 12.5. The molecule has 3 aromatic carbocycles. The highest BCUT2D eigenvalue weighted by atomic mass is 79.9. The zero-order valence-corrected chi connectivity index (χ0v) is 19.4. The minimum Gasteiger partial charge on any atom is -0.493 e. The number of primary amides is 1. The molecule has 0 radical (unpaired) electrons. The van der Waals surface area contributed by atoms with Crippen LogP contribution in [0.5, 0.6) is 17.2 Å². The molecule has 0 spiro atoms. The average molecular weight is 512 g/mol. The monoisotopic (exact) mass is 511 g/mol. The van der Waals surface area contributed by atoms with E-state index in [4.69, 9.17) is 19.9 Å². The number of nitrogens with zero attached hydrogens (tertiary/aromatic N) is 1. The van der Waals surface area contributed by atoms with Crippen molar-refractivity contribution >= 4 is 34.0 Å². The summed E-state index contributed by atoms with van der Waals surface area (Å²) in [6, 6.07) is 19.8. The van der Waals surface area contributed by atoms with Gasteiger partial charge in [-0.05, 0) is 63.5 Å². The van der Waals surface area contributed by atoms with E-state index in [1.165, 1.54) is 13.3 Å². The first-order valence-electron chi connectivity index (χ1n) is 9.85. The first-order chi connectivity index (χ1) is 16.0. The number of hydrazone groups is 1. The molecule has 3 rings (SSSR count). The molecule has 3 aromatic rings. The van der Waals surface area contributed by atoms with Crippen LogP contribution in [-0.4, -0.2) is 31.7 Å². The van der Waals surface area contributed by atoms with Gasteiger partial charge in [-0.25, -0.2) is 5.43 Å². The van der Waals surface area contributed by atoms with Crippen LogP contribution in [0.15, 0.2) is 76.3 Å². The van der Waals surface area contributed by atoms with Crippen molar-refractivity contribution in [2.75, 3.05) is 13.7 Å². The average Bonchev–Trinajstić information content (AvgIpc) is 2.82. The molecule has 0 aromatic heterocycles. The quantitative estimate of drug-likeness (QED) is 0.318. The van der Waals surface area contributed by atoms with E-state index in [1.54, 1.807) is 36.4 Å².